The number of rotatable bonds is 2. The summed E-state index contributed by atoms with van der Waals surface area (Å²) >= 11 is 5.28. The minimum absolute atomic E-state index is 0.0840. The van der Waals surface area contributed by atoms with Gasteiger partial charge < -0.3 is 10.6 Å². The summed E-state index contributed by atoms with van der Waals surface area (Å²) in [4.78, 5) is 0. The molecule has 3 rings (SSSR count). The fourth-order valence-corrected chi connectivity index (χ4v) is 3.26. The van der Waals surface area contributed by atoms with Crippen molar-refractivity contribution in [2.75, 3.05) is 5.32 Å². The Morgan fingerprint density at radius 3 is 2.67 bits per heavy atom. The van der Waals surface area contributed by atoms with E-state index < -0.39 is 11.7 Å². The van der Waals surface area contributed by atoms with Crippen LogP contribution in [0, 0.1) is 0 Å². The van der Waals surface area contributed by atoms with E-state index in [1.54, 1.807) is 6.07 Å². The van der Waals surface area contributed by atoms with Crippen molar-refractivity contribution in [2.45, 2.75) is 31.5 Å². The lowest BCUT2D eigenvalue weighted by molar-refractivity contribution is -0.137. The summed E-state index contributed by atoms with van der Waals surface area (Å²) in [7, 11) is 0. The third-order valence-corrected chi connectivity index (χ3v) is 4.34. The Bertz CT molecular complexity index is 743. The van der Waals surface area contributed by atoms with E-state index in [2.05, 4.69) is 22.8 Å². The van der Waals surface area contributed by atoms with Gasteiger partial charge in [0.1, 0.15) is 0 Å². The van der Waals surface area contributed by atoms with E-state index in [1.165, 1.54) is 17.2 Å². The first-order valence-corrected chi connectivity index (χ1v) is 8.17. The second-order valence-corrected chi connectivity index (χ2v) is 6.23. The predicted molar refractivity (Wildman–Crippen MR) is 92.9 cm³/mol. The molecule has 24 heavy (non-hydrogen) atoms. The topological polar surface area (TPSA) is 24.1 Å². The Hall–Kier alpha value is -2.08. The number of anilines is 1. The number of nitrogens with one attached hydrogen (secondary N) is 2. The zero-order valence-corrected chi connectivity index (χ0v) is 13.7. The maximum Gasteiger partial charge on any atom is 0.416 e. The summed E-state index contributed by atoms with van der Waals surface area (Å²) in [5.74, 6) is 0. The lowest BCUT2D eigenvalue weighted by atomic mass is 9.88. The van der Waals surface area contributed by atoms with Crippen molar-refractivity contribution in [1.29, 1.82) is 0 Å². The maximum absolute atomic E-state index is 12.8. The van der Waals surface area contributed by atoms with Crippen LogP contribution in [0.3, 0.4) is 0 Å². The molecule has 0 fully saturated rings. The van der Waals surface area contributed by atoms with Crippen LogP contribution in [-0.4, -0.2) is 5.11 Å². The minimum Gasteiger partial charge on any atom is -0.356 e. The van der Waals surface area contributed by atoms with Crippen LogP contribution < -0.4 is 10.6 Å². The third-order valence-electron chi connectivity index (χ3n) is 4.12. The Kier molecular flexibility index (Phi) is 4.76. The quantitative estimate of drug-likeness (QED) is 0.740. The number of aryl methyl sites for hydroxylation is 1. The molecule has 0 saturated heterocycles. The molecule has 2 N–H and O–H groups in total. The van der Waals surface area contributed by atoms with Gasteiger partial charge in [-0.3, -0.25) is 0 Å². The van der Waals surface area contributed by atoms with Gasteiger partial charge in [0.2, 0.25) is 0 Å². The Labute approximate surface area is 144 Å². The van der Waals surface area contributed by atoms with E-state index in [0.29, 0.717) is 10.8 Å². The molecule has 1 aliphatic carbocycles. The lowest BCUT2D eigenvalue weighted by Gasteiger charge is -2.27. The van der Waals surface area contributed by atoms with E-state index in [1.807, 2.05) is 12.1 Å². The summed E-state index contributed by atoms with van der Waals surface area (Å²) in [6.45, 7) is 0. The standard InChI is InChI=1S/C18H17F3N2S/c19-18(20,21)13-7-4-8-14(11-13)22-17(24)23-16-10-3-6-12-5-1-2-9-15(12)16/h1-2,4-5,7-9,11,16H,3,6,10H2,(H2,22,23,24)/t16-/m1/s1. The molecule has 2 aromatic rings. The van der Waals surface area contributed by atoms with Gasteiger partial charge in [-0.05, 0) is 60.8 Å². The molecular weight excluding hydrogens is 333 g/mol. The van der Waals surface area contributed by atoms with E-state index >= 15 is 0 Å². The van der Waals surface area contributed by atoms with Gasteiger partial charge in [-0.25, -0.2) is 0 Å². The molecule has 2 nitrogen and oxygen atoms in total. The van der Waals surface area contributed by atoms with Crippen molar-refractivity contribution in [3.05, 3.63) is 65.2 Å². The Balaban J connectivity index is 1.69. The molecule has 1 aliphatic rings. The van der Waals surface area contributed by atoms with Gasteiger partial charge in [0, 0.05) is 5.69 Å². The molecule has 0 unspecified atom stereocenters. The van der Waals surface area contributed by atoms with Crippen molar-refractivity contribution >= 4 is 23.0 Å². The van der Waals surface area contributed by atoms with Crippen LogP contribution in [0.1, 0.15) is 35.6 Å². The fourth-order valence-electron chi connectivity index (χ4n) is 3.00. The summed E-state index contributed by atoms with van der Waals surface area (Å²) in [6.07, 6.45) is -1.32. The Morgan fingerprint density at radius 2 is 1.88 bits per heavy atom. The molecule has 6 heteroatoms. The first kappa shape index (κ1) is 16.8. The van der Waals surface area contributed by atoms with E-state index in [-0.39, 0.29) is 6.04 Å². The minimum atomic E-state index is -4.37. The van der Waals surface area contributed by atoms with Gasteiger partial charge in [0.25, 0.3) is 0 Å². The van der Waals surface area contributed by atoms with Gasteiger partial charge in [-0.1, -0.05) is 30.3 Å². The first-order valence-electron chi connectivity index (χ1n) is 7.76. The second kappa shape index (κ2) is 6.81. The summed E-state index contributed by atoms with van der Waals surface area (Å²) in [6, 6.07) is 13.3. The van der Waals surface area contributed by atoms with Crippen molar-refractivity contribution in [2.24, 2.45) is 0 Å². The highest BCUT2D eigenvalue weighted by Crippen LogP contribution is 2.31. The zero-order valence-electron chi connectivity index (χ0n) is 12.9. The van der Waals surface area contributed by atoms with Crippen molar-refractivity contribution in [1.82, 2.24) is 5.32 Å². The number of thiocarbonyl (C=S) groups is 1. The van der Waals surface area contributed by atoms with Gasteiger partial charge in [-0.2, -0.15) is 13.2 Å². The lowest BCUT2D eigenvalue weighted by Crippen LogP contribution is -2.34. The monoisotopic (exact) mass is 350 g/mol. The number of hydrogen-bond acceptors (Lipinski definition) is 1. The van der Waals surface area contributed by atoms with Crippen molar-refractivity contribution < 1.29 is 13.2 Å². The van der Waals surface area contributed by atoms with Crippen LogP contribution in [0.2, 0.25) is 0 Å². The number of benzene rings is 2. The van der Waals surface area contributed by atoms with E-state index in [4.69, 9.17) is 12.2 Å². The normalized spacial score (nSPS) is 17.0. The molecule has 0 amide bonds. The molecule has 126 valence electrons. The number of fused-ring (bicyclic) bond motifs is 1. The molecule has 0 saturated carbocycles. The van der Waals surface area contributed by atoms with Crippen molar-refractivity contribution in [3.63, 3.8) is 0 Å². The number of hydrogen-bond donors (Lipinski definition) is 2. The number of alkyl halides is 3. The molecule has 2 aromatic carbocycles. The van der Waals surface area contributed by atoms with Crippen LogP contribution >= 0.6 is 12.2 Å². The predicted octanol–water partition coefficient (Wildman–Crippen LogP) is 5.07. The third kappa shape index (κ3) is 3.87. The molecule has 0 aromatic heterocycles. The van der Waals surface area contributed by atoms with Gasteiger partial charge >= 0.3 is 6.18 Å². The summed E-state index contributed by atoms with van der Waals surface area (Å²) in [5.41, 5.74) is 2.13. The summed E-state index contributed by atoms with van der Waals surface area (Å²) < 4.78 is 38.3. The zero-order chi connectivity index (χ0) is 17.2. The smallest absolute Gasteiger partial charge is 0.356 e. The molecule has 0 bridgehead atoms. The largest absolute Gasteiger partial charge is 0.416 e. The van der Waals surface area contributed by atoms with Gasteiger partial charge in [0.05, 0.1) is 11.6 Å². The fraction of sp³-hybridized carbons (Fsp3) is 0.278. The van der Waals surface area contributed by atoms with Crippen LogP contribution in [-0.2, 0) is 12.6 Å². The average Bonchev–Trinajstić information content (AvgIpc) is 2.54. The molecule has 1 atom stereocenters. The maximum atomic E-state index is 12.8. The second-order valence-electron chi connectivity index (χ2n) is 5.82. The Morgan fingerprint density at radius 1 is 1.08 bits per heavy atom. The average molecular weight is 350 g/mol. The van der Waals surface area contributed by atoms with E-state index in [0.717, 1.165) is 31.4 Å². The van der Waals surface area contributed by atoms with Crippen LogP contribution in [0.5, 0.6) is 0 Å². The molecule has 0 aliphatic heterocycles. The van der Waals surface area contributed by atoms with Crippen molar-refractivity contribution in [3.8, 4) is 0 Å². The summed E-state index contributed by atoms with van der Waals surface area (Å²) in [5, 5.41) is 6.40. The highest BCUT2D eigenvalue weighted by molar-refractivity contribution is 7.80. The van der Waals surface area contributed by atoms with Crippen LogP contribution in [0.4, 0.5) is 18.9 Å². The highest BCUT2D eigenvalue weighted by Gasteiger charge is 2.30. The van der Waals surface area contributed by atoms with Crippen LogP contribution in [0.25, 0.3) is 0 Å². The SMILES string of the molecule is FC(F)(F)c1cccc(NC(=S)N[C@@H]2CCCc3ccccc32)c1. The first-order chi connectivity index (χ1) is 11.4. The van der Waals surface area contributed by atoms with Crippen LogP contribution in [0.15, 0.2) is 48.5 Å². The molecule has 0 spiro atoms. The van der Waals surface area contributed by atoms with Gasteiger partial charge in [-0.15, -0.1) is 0 Å². The number of halogens is 3. The molecule has 0 radical (unpaired) electrons. The molecule has 0 heterocycles. The highest BCUT2D eigenvalue weighted by atomic mass is 32.1. The molecular formula is C18H17F3N2S. The van der Waals surface area contributed by atoms with Gasteiger partial charge in [0.15, 0.2) is 5.11 Å². The van der Waals surface area contributed by atoms with E-state index in [9.17, 15) is 13.2 Å².